The minimum atomic E-state index is -0.393. The number of hydrogen-bond acceptors (Lipinski definition) is 0. The van der Waals surface area contributed by atoms with E-state index in [9.17, 15) is 0 Å². The highest BCUT2D eigenvalue weighted by atomic mass is 32.2. The van der Waals surface area contributed by atoms with E-state index in [2.05, 4.69) is 43.4 Å². The van der Waals surface area contributed by atoms with Gasteiger partial charge in [0, 0.05) is 0 Å². The molecule has 0 aliphatic heterocycles. The first-order chi connectivity index (χ1) is 6.79. The molecule has 2 atom stereocenters. The van der Waals surface area contributed by atoms with Crippen molar-refractivity contribution >= 4 is 10.9 Å². The van der Waals surface area contributed by atoms with Gasteiger partial charge in [0.2, 0.25) is 0 Å². The van der Waals surface area contributed by atoms with Gasteiger partial charge in [0.25, 0.3) is 0 Å². The van der Waals surface area contributed by atoms with Gasteiger partial charge in [-0.05, 0) is 28.7 Å². The van der Waals surface area contributed by atoms with Crippen LogP contribution in [-0.4, -0.2) is 5.25 Å². The predicted molar refractivity (Wildman–Crippen MR) is 66.9 cm³/mol. The number of rotatable bonds is 4. The molecule has 1 aromatic carbocycles. The van der Waals surface area contributed by atoms with Gasteiger partial charge in [-0.15, -0.1) is 6.42 Å². The quantitative estimate of drug-likeness (QED) is 0.562. The van der Waals surface area contributed by atoms with E-state index in [-0.39, 0.29) is 0 Å². The summed E-state index contributed by atoms with van der Waals surface area (Å²) in [6.45, 7) is 4.48. The van der Waals surface area contributed by atoms with Crippen LogP contribution in [0.25, 0.3) is 0 Å². The molecular weight excluding hydrogens is 188 g/mol. The Hall–Kier alpha value is -0.870. The first-order valence-electron chi connectivity index (χ1n) is 5.10. The molecule has 0 saturated carbocycles. The van der Waals surface area contributed by atoms with Crippen molar-refractivity contribution in [3.63, 3.8) is 0 Å². The Bertz CT molecular complexity index is 297. The van der Waals surface area contributed by atoms with Crippen molar-refractivity contribution in [3.8, 4) is 11.7 Å². The Labute approximate surface area is 90.1 Å². The molecule has 1 heteroatoms. The van der Waals surface area contributed by atoms with Crippen molar-refractivity contribution < 1.29 is 0 Å². The lowest BCUT2D eigenvalue weighted by Crippen LogP contribution is -2.01. The summed E-state index contributed by atoms with van der Waals surface area (Å²) in [6, 6.07) is 10.5. The van der Waals surface area contributed by atoms with E-state index in [0.29, 0.717) is 5.25 Å². The van der Waals surface area contributed by atoms with Crippen molar-refractivity contribution in [1.29, 1.82) is 0 Å². The molecule has 0 nitrogen and oxygen atoms in total. The average molecular weight is 206 g/mol. The Morgan fingerprint density at radius 1 is 1.36 bits per heavy atom. The molecule has 0 aliphatic carbocycles. The van der Waals surface area contributed by atoms with Gasteiger partial charge in [-0.2, -0.15) is 10.9 Å². The van der Waals surface area contributed by atoms with Gasteiger partial charge in [0.05, 0.1) is 0 Å². The second-order valence-corrected chi connectivity index (χ2v) is 5.87. The van der Waals surface area contributed by atoms with Crippen LogP contribution in [0.4, 0.5) is 0 Å². The van der Waals surface area contributed by atoms with E-state index >= 15 is 0 Å². The number of benzene rings is 1. The fourth-order valence-electron chi connectivity index (χ4n) is 1.59. The summed E-state index contributed by atoms with van der Waals surface area (Å²) >= 11 is 0. The molecule has 76 valence electrons. The second-order valence-electron chi connectivity index (χ2n) is 3.47. The first-order valence-corrected chi connectivity index (χ1v) is 6.51. The van der Waals surface area contributed by atoms with Crippen LogP contribution in [0, 0.1) is 11.7 Å². The fourth-order valence-corrected chi connectivity index (χ4v) is 3.51. The van der Waals surface area contributed by atoms with Gasteiger partial charge in [-0.3, -0.25) is 0 Å². The number of terminal acetylenes is 1. The zero-order chi connectivity index (χ0) is 10.4. The minimum absolute atomic E-state index is 0.393. The molecule has 1 rings (SSSR count). The highest BCUT2D eigenvalue weighted by Gasteiger charge is 2.11. The summed E-state index contributed by atoms with van der Waals surface area (Å²) in [5, 5.41) is 3.61. The molecule has 0 radical (unpaired) electrons. The normalized spacial score (nSPS) is 15.6. The lowest BCUT2D eigenvalue weighted by Gasteiger charge is -2.22. The largest absolute Gasteiger partial charge is 0.160 e. The van der Waals surface area contributed by atoms with Crippen LogP contribution in [0.5, 0.6) is 0 Å². The summed E-state index contributed by atoms with van der Waals surface area (Å²) < 4.78 is 0. The summed E-state index contributed by atoms with van der Waals surface area (Å²) in [4.78, 5) is 1.34. The van der Waals surface area contributed by atoms with Gasteiger partial charge < -0.3 is 0 Å². The number of hydrogen-bond donors (Lipinski definition) is 1. The lowest BCUT2D eigenvalue weighted by molar-refractivity contribution is 0.785. The molecule has 0 heterocycles. The Kier molecular flexibility index (Phi) is 4.62. The molecule has 0 spiro atoms. The first kappa shape index (κ1) is 11.2. The molecule has 0 saturated heterocycles. The van der Waals surface area contributed by atoms with Crippen LogP contribution >= 0.6 is 10.9 Å². The van der Waals surface area contributed by atoms with Gasteiger partial charge in [-0.1, -0.05) is 43.7 Å². The smallest absolute Gasteiger partial charge is 0.00185 e. The highest BCUT2D eigenvalue weighted by molar-refractivity contribution is 8.21. The van der Waals surface area contributed by atoms with E-state index in [1.807, 2.05) is 6.07 Å². The maximum absolute atomic E-state index is 5.61. The predicted octanol–water partition coefficient (Wildman–Crippen LogP) is 3.83. The Morgan fingerprint density at radius 3 is 2.50 bits per heavy atom. The van der Waals surface area contributed by atoms with Crippen molar-refractivity contribution in [2.24, 2.45) is 0 Å². The summed E-state index contributed by atoms with van der Waals surface area (Å²) in [7, 11) is -0.393. The van der Waals surface area contributed by atoms with Crippen LogP contribution in [0.1, 0.15) is 26.7 Å². The van der Waals surface area contributed by atoms with Crippen molar-refractivity contribution in [2.45, 2.75) is 36.8 Å². The topological polar surface area (TPSA) is 0 Å². The van der Waals surface area contributed by atoms with Crippen LogP contribution in [0.3, 0.4) is 0 Å². The molecule has 14 heavy (non-hydrogen) atoms. The van der Waals surface area contributed by atoms with Gasteiger partial charge in [-0.25, -0.2) is 0 Å². The molecule has 1 aromatic rings. The second kappa shape index (κ2) is 5.78. The summed E-state index contributed by atoms with van der Waals surface area (Å²) in [5.41, 5.74) is 0. The van der Waals surface area contributed by atoms with Gasteiger partial charge in [0.15, 0.2) is 0 Å². The highest BCUT2D eigenvalue weighted by Crippen LogP contribution is 2.41. The molecule has 0 aliphatic rings. The van der Waals surface area contributed by atoms with Crippen molar-refractivity contribution in [2.75, 3.05) is 0 Å². The van der Waals surface area contributed by atoms with Gasteiger partial charge in [0.1, 0.15) is 0 Å². The van der Waals surface area contributed by atoms with Crippen molar-refractivity contribution in [1.82, 2.24) is 0 Å². The maximum atomic E-state index is 5.61. The monoisotopic (exact) mass is 206 g/mol. The maximum Gasteiger partial charge on any atom is -0.00185 e. The molecule has 0 aromatic heterocycles. The Balaban J connectivity index is 2.78. The molecule has 0 N–H and O–H groups in total. The molecule has 0 amide bonds. The van der Waals surface area contributed by atoms with E-state index in [1.54, 1.807) is 0 Å². The van der Waals surface area contributed by atoms with Gasteiger partial charge >= 0.3 is 0 Å². The Morgan fingerprint density at radius 2 is 2.00 bits per heavy atom. The summed E-state index contributed by atoms with van der Waals surface area (Å²) in [5.74, 6) is 0. The van der Waals surface area contributed by atoms with E-state index < -0.39 is 10.9 Å². The third-order valence-electron chi connectivity index (χ3n) is 2.32. The zero-order valence-electron chi connectivity index (χ0n) is 8.90. The molecule has 0 fully saturated rings. The third-order valence-corrected chi connectivity index (χ3v) is 4.59. The standard InChI is InChI=1S/C13H18S/c1-4-9-12(3)14(5-2)13-10-7-6-8-11-13/h2,6-8,10-12,14H,4,9H2,1,3H3. The van der Waals surface area contributed by atoms with Crippen LogP contribution in [0.15, 0.2) is 35.2 Å². The zero-order valence-corrected chi connectivity index (χ0v) is 9.80. The summed E-state index contributed by atoms with van der Waals surface area (Å²) in [6.07, 6.45) is 8.06. The van der Waals surface area contributed by atoms with Crippen molar-refractivity contribution in [3.05, 3.63) is 30.3 Å². The molecule has 2 unspecified atom stereocenters. The average Bonchev–Trinajstić information content (AvgIpc) is 2.21. The van der Waals surface area contributed by atoms with Crippen LogP contribution in [-0.2, 0) is 0 Å². The molecule has 0 bridgehead atoms. The van der Waals surface area contributed by atoms with E-state index in [1.165, 1.54) is 17.7 Å². The third kappa shape index (κ3) is 2.82. The van der Waals surface area contributed by atoms with Crippen LogP contribution < -0.4 is 0 Å². The fraction of sp³-hybridized carbons (Fsp3) is 0.385. The molecular formula is C13H18S. The van der Waals surface area contributed by atoms with E-state index in [4.69, 9.17) is 6.42 Å². The minimum Gasteiger partial charge on any atom is -0.160 e. The van der Waals surface area contributed by atoms with Crippen LogP contribution in [0.2, 0.25) is 0 Å². The number of thiol groups is 1. The van der Waals surface area contributed by atoms with E-state index in [0.717, 1.165) is 0 Å². The lowest BCUT2D eigenvalue weighted by atomic mass is 10.3. The SMILES string of the molecule is C#C[SH](c1ccccc1)C(C)CCC.